The molecule has 0 rings (SSSR count). The van der Waals surface area contributed by atoms with E-state index in [9.17, 15) is 19.8 Å². The first-order valence-corrected chi connectivity index (χ1v) is 38.1. The normalized spacial score (nSPS) is 12.6. The lowest BCUT2D eigenvalue weighted by molar-refractivity contribution is -0.143. The molecule has 0 aliphatic carbocycles. The summed E-state index contributed by atoms with van der Waals surface area (Å²) in [7, 11) is 0. The van der Waals surface area contributed by atoms with E-state index >= 15 is 0 Å². The van der Waals surface area contributed by atoms with Gasteiger partial charge in [-0.1, -0.05) is 391 Å². The third-order valence-corrected chi connectivity index (χ3v) is 18.0. The molecule has 0 saturated carbocycles. The molecular formula is C77H149NO5. The van der Waals surface area contributed by atoms with Crippen molar-refractivity contribution in [3.63, 3.8) is 0 Å². The Morgan fingerprint density at radius 1 is 0.337 bits per heavy atom. The van der Waals surface area contributed by atoms with Crippen LogP contribution in [-0.2, 0) is 14.3 Å². The quantitative estimate of drug-likeness (QED) is 0.0320. The van der Waals surface area contributed by atoms with Gasteiger partial charge in [-0.25, -0.2) is 0 Å². The second kappa shape index (κ2) is 72.8. The molecule has 83 heavy (non-hydrogen) atoms. The molecule has 0 saturated heterocycles. The highest BCUT2D eigenvalue weighted by Gasteiger charge is 2.20. The molecule has 492 valence electrons. The Labute approximate surface area is 520 Å². The largest absolute Gasteiger partial charge is 0.466 e. The summed E-state index contributed by atoms with van der Waals surface area (Å²) in [5, 5.41) is 23.4. The first kappa shape index (κ1) is 81.3. The van der Waals surface area contributed by atoms with Crippen LogP contribution < -0.4 is 5.32 Å². The van der Waals surface area contributed by atoms with Crippen LogP contribution >= 0.6 is 0 Å². The van der Waals surface area contributed by atoms with E-state index in [1.54, 1.807) is 0 Å². The zero-order valence-electron chi connectivity index (χ0n) is 56.5. The van der Waals surface area contributed by atoms with Gasteiger partial charge >= 0.3 is 5.97 Å². The third-order valence-electron chi connectivity index (χ3n) is 18.0. The van der Waals surface area contributed by atoms with Gasteiger partial charge < -0.3 is 20.3 Å². The van der Waals surface area contributed by atoms with Crippen molar-refractivity contribution in [3.8, 4) is 0 Å². The van der Waals surface area contributed by atoms with Crippen LogP contribution in [0.15, 0.2) is 24.3 Å². The molecule has 1 amide bonds. The molecule has 0 aromatic heterocycles. The summed E-state index contributed by atoms with van der Waals surface area (Å²) in [6.45, 7) is 4.95. The van der Waals surface area contributed by atoms with Crippen molar-refractivity contribution in [1.82, 2.24) is 5.32 Å². The second-order valence-corrected chi connectivity index (χ2v) is 26.3. The SMILES string of the molecule is CCCC/C=C\C/C=C\CCCCCCCC(=O)OCCCCCCCCCCCCCCCCCCCCCCCCCCCCCCCCCCCC(=O)NC(CO)C(O)CCCCCCCCCCCCCCCCCCCCC. The zero-order chi connectivity index (χ0) is 59.9. The molecule has 0 heterocycles. The highest BCUT2D eigenvalue weighted by molar-refractivity contribution is 5.76. The lowest BCUT2D eigenvalue weighted by atomic mass is 10.0. The van der Waals surface area contributed by atoms with Crippen LogP contribution in [0, 0.1) is 0 Å². The van der Waals surface area contributed by atoms with Crippen LogP contribution in [0.2, 0.25) is 0 Å². The molecule has 0 fully saturated rings. The van der Waals surface area contributed by atoms with Gasteiger partial charge in [0.25, 0.3) is 0 Å². The van der Waals surface area contributed by atoms with Gasteiger partial charge in [0, 0.05) is 12.8 Å². The van der Waals surface area contributed by atoms with Crippen LogP contribution in [0.4, 0.5) is 0 Å². The molecule has 0 aliphatic heterocycles. The molecule has 0 aliphatic rings. The van der Waals surface area contributed by atoms with Gasteiger partial charge in [0.15, 0.2) is 0 Å². The van der Waals surface area contributed by atoms with E-state index in [2.05, 4.69) is 43.5 Å². The highest BCUT2D eigenvalue weighted by Crippen LogP contribution is 2.20. The summed E-state index contributed by atoms with van der Waals surface area (Å²) in [5.41, 5.74) is 0. The van der Waals surface area contributed by atoms with Crippen molar-refractivity contribution in [3.05, 3.63) is 24.3 Å². The number of esters is 1. The molecule has 2 atom stereocenters. The number of nitrogens with one attached hydrogen (secondary N) is 1. The number of hydrogen-bond acceptors (Lipinski definition) is 5. The maximum Gasteiger partial charge on any atom is 0.305 e. The Morgan fingerprint density at radius 2 is 0.614 bits per heavy atom. The van der Waals surface area contributed by atoms with Crippen LogP contribution in [0.25, 0.3) is 0 Å². The number of carbonyl (C=O) groups is 2. The van der Waals surface area contributed by atoms with Gasteiger partial charge in [-0.15, -0.1) is 0 Å². The Morgan fingerprint density at radius 3 is 0.952 bits per heavy atom. The highest BCUT2D eigenvalue weighted by atomic mass is 16.5. The molecule has 2 unspecified atom stereocenters. The molecule has 6 nitrogen and oxygen atoms in total. The molecule has 6 heteroatoms. The van der Waals surface area contributed by atoms with E-state index < -0.39 is 12.1 Å². The predicted octanol–water partition coefficient (Wildman–Crippen LogP) is 24.9. The number of carbonyl (C=O) groups excluding carboxylic acids is 2. The Kier molecular flexibility index (Phi) is 71.4. The Hall–Kier alpha value is -1.66. The van der Waals surface area contributed by atoms with Crippen LogP contribution in [-0.4, -0.2) is 47.4 Å². The van der Waals surface area contributed by atoms with Crippen molar-refractivity contribution in [2.75, 3.05) is 13.2 Å². The van der Waals surface area contributed by atoms with Gasteiger partial charge in [0.1, 0.15) is 0 Å². The average Bonchev–Trinajstić information content (AvgIpc) is 3.48. The number of amides is 1. The maximum absolute atomic E-state index is 12.5. The van der Waals surface area contributed by atoms with Crippen LogP contribution in [0.3, 0.4) is 0 Å². The standard InChI is InChI=1S/C77H149NO5/c1-3-5-7-9-11-13-15-17-19-20-36-39-42-45-49-53-57-61-65-69-75(80)74(73-79)78-76(81)70-66-62-58-54-50-46-43-40-37-34-32-30-28-26-24-22-21-23-25-27-29-31-33-35-38-41-44-48-52-56-60-64-68-72-83-77(82)71-67-63-59-55-51-47-18-16-14-12-10-8-6-4-2/h10,12,16,18,74-75,79-80H,3-9,11,13-15,17,19-73H2,1-2H3,(H,78,81)/b12-10-,18-16-. The second-order valence-electron chi connectivity index (χ2n) is 26.3. The van der Waals surface area contributed by atoms with Crippen molar-refractivity contribution >= 4 is 11.9 Å². The summed E-state index contributed by atoms with van der Waals surface area (Å²) in [6, 6.07) is -0.538. The van der Waals surface area contributed by atoms with Crippen molar-refractivity contribution < 1.29 is 24.5 Å². The van der Waals surface area contributed by atoms with Crippen LogP contribution in [0.1, 0.15) is 431 Å². The summed E-state index contributed by atoms with van der Waals surface area (Å²) in [5.74, 6) is -0.0178. The lowest BCUT2D eigenvalue weighted by Gasteiger charge is -2.22. The number of ether oxygens (including phenoxy) is 1. The maximum atomic E-state index is 12.5. The fourth-order valence-corrected chi connectivity index (χ4v) is 12.2. The fourth-order valence-electron chi connectivity index (χ4n) is 12.2. The Balaban J connectivity index is 3.32. The predicted molar refractivity (Wildman–Crippen MR) is 366 cm³/mol. The molecule has 0 aromatic rings. The van der Waals surface area contributed by atoms with E-state index in [4.69, 9.17) is 4.74 Å². The molecule has 0 bridgehead atoms. The minimum Gasteiger partial charge on any atom is -0.466 e. The number of hydrogen-bond donors (Lipinski definition) is 3. The third kappa shape index (κ3) is 69.3. The van der Waals surface area contributed by atoms with E-state index in [1.165, 1.54) is 347 Å². The van der Waals surface area contributed by atoms with Gasteiger partial charge in [-0.05, 0) is 51.4 Å². The van der Waals surface area contributed by atoms with E-state index in [0.29, 0.717) is 25.9 Å². The number of allylic oxidation sites excluding steroid dienone is 4. The smallest absolute Gasteiger partial charge is 0.305 e. The van der Waals surface area contributed by atoms with Crippen LogP contribution in [0.5, 0.6) is 0 Å². The zero-order valence-corrected chi connectivity index (χ0v) is 56.5. The fraction of sp³-hybridized carbons (Fsp3) is 0.922. The monoisotopic (exact) mass is 1170 g/mol. The Bertz CT molecular complexity index is 1300. The number of rotatable bonds is 72. The molecule has 0 spiro atoms. The van der Waals surface area contributed by atoms with Crippen molar-refractivity contribution in [2.45, 2.75) is 443 Å². The molecule has 0 aromatic carbocycles. The number of aliphatic hydroxyl groups excluding tert-OH is 2. The summed E-state index contributed by atoms with van der Waals surface area (Å²) in [6.07, 6.45) is 92.6. The molecular weight excluding hydrogens is 1020 g/mol. The first-order chi connectivity index (χ1) is 41.0. The molecule has 0 radical (unpaired) electrons. The minimum atomic E-state index is -0.661. The van der Waals surface area contributed by atoms with Gasteiger partial charge in [-0.2, -0.15) is 0 Å². The molecule has 3 N–H and O–H groups in total. The van der Waals surface area contributed by atoms with E-state index in [1.807, 2.05) is 0 Å². The van der Waals surface area contributed by atoms with Gasteiger partial charge in [0.05, 0.1) is 25.4 Å². The first-order valence-electron chi connectivity index (χ1n) is 38.1. The van der Waals surface area contributed by atoms with Crippen molar-refractivity contribution in [1.29, 1.82) is 0 Å². The summed E-state index contributed by atoms with van der Waals surface area (Å²) < 4.78 is 5.49. The topological polar surface area (TPSA) is 95.9 Å². The van der Waals surface area contributed by atoms with E-state index in [0.717, 1.165) is 51.4 Å². The number of aliphatic hydroxyl groups is 2. The summed E-state index contributed by atoms with van der Waals surface area (Å²) in [4.78, 5) is 24.6. The van der Waals surface area contributed by atoms with Gasteiger partial charge in [-0.3, -0.25) is 9.59 Å². The minimum absolute atomic E-state index is 0.00777. The van der Waals surface area contributed by atoms with E-state index in [-0.39, 0.29) is 18.5 Å². The van der Waals surface area contributed by atoms with Gasteiger partial charge in [0.2, 0.25) is 5.91 Å². The number of unbranched alkanes of at least 4 members (excludes halogenated alkanes) is 57. The van der Waals surface area contributed by atoms with Crippen molar-refractivity contribution in [2.24, 2.45) is 0 Å². The summed E-state index contributed by atoms with van der Waals surface area (Å²) >= 11 is 0. The average molecular weight is 1170 g/mol. The lowest BCUT2D eigenvalue weighted by Crippen LogP contribution is -2.45.